The first-order chi connectivity index (χ1) is 8.32. The average Bonchev–Trinajstić information content (AvgIpc) is 2.67. The van der Waals surface area contributed by atoms with E-state index in [0.717, 1.165) is 13.1 Å². The molecule has 2 aliphatic rings. The fourth-order valence-corrected chi connectivity index (χ4v) is 3.88. The maximum atomic E-state index is 12.2. The van der Waals surface area contributed by atoms with Crippen LogP contribution in [0, 0.1) is 28.6 Å². The van der Waals surface area contributed by atoms with Crippen molar-refractivity contribution >= 4 is 5.91 Å². The molecule has 2 saturated carbocycles. The minimum atomic E-state index is 0.139. The molecule has 3 heteroatoms. The van der Waals surface area contributed by atoms with Gasteiger partial charge in [-0.05, 0) is 42.1 Å². The molecule has 2 aliphatic carbocycles. The van der Waals surface area contributed by atoms with Crippen LogP contribution in [0.15, 0.2) is 0 Å². The summed E-state index contributed by atoms with van der Waals surface area (Å²) in [5.41, 5.74) is 6.05. The van der Waals surface area contributed by atoms with Crippen molar-refractivity contribution in [3.8, 4) is 0 Å². The van der Waals surface area contributed by atoms with Gasteiger partial charge in [-0.25, -0.2) is 0 Å². The molecule has 0 spiro atoms. The van der Waals surface area contributed by atoms with Crippen LogP contribution in [0.3, 0.4) is 0 Å². The number of rotatable bonds is 4. The van der Waals surface area contributed by atoms with Crippen LogP contribution in [-0.4, -0.2) is 19.0 Å². The lowest BCUT2D eigenvalue weighted by molar-refractivity contribution is -0.123. The molecular weight excluding hydrogens is 224 g/mol. The van der Waals surface area contributed by atoms with E-state index in [2.05, 4.69) is 33.0 Å². The van der Waals surface area contributed by atoms with Gasteiger partial charge in [0.15, 0.2) is 0 Å². The first-order valence-electron chi connectivity index (χ1n) is 7.30. The third kappa shape index (κ3) is 2.07. The summed E-state index contributed by atoms with van der Waals surface area (Å²) >= 11 is 0. The molecule has 2 atom stereocenters. The van der Waals surface area contributed by atoms with Gasteiger partial charge in [0.2, 0.25) is 5.91 Å². The average molecular weight is 252 g/mol. The molecule has 0 heterocycles. The van der Waals surface area contributed by atoms with Gasteiger partial charge in [-0.1, -0.05) is 34.1 Å². The maximum Gasteiger partial charge on any atom is 0.224 e. The number of hydrogen-bond acceptors (Lipinski definition) is 2. The molecule has 2 fully saturated rings. The van der Waals surface area contributed by atoms with Crippen LogP contribution >= 0.6 is 0 Å². The molecule has 0 aromatic rings. The fraction of sp³-hybridized carbons (Fsp3) is 0.933. The van der Waals surface area contributed by atoms with Crippen molar-refractivity contribution in [1.29, 1.82) is 0 Å². The van der Waals surface area contributed by atoms with Crippen molar-refractivity contribution in [3.63, 3.8) is 0 Å². The molecule has 0 radical (unpaired) electrons. The van der Waals surface area contributed by atoms with Gasteiger partial charge >= 0.3 is 0 Å². The minimum absolute atomic E-state index is 0.139. The Balaban J connectivity index is 1.83. The standard InChI is InChI=1S/C15H28N2O/c1-14(2)12(15(14,3)4)13(18)17-9-11-7-5-6-10(11)8-16/h10-12H,5-9,16H2,1-4H3,(H,17,18). The Morgan fingerprint density at radius 3 is 2.22 bits per heavy atom. The van der Waals surface area contributed by atoms with Gasteiger partial charge in [-0.2, -0.15) is 0 Å². The Bertz CT molecular complexity index is 321. The Morgan fingerprint density at radius 1 is 1.17 bits per heavy atom. The van der Waals surface area contributed by atoms with E-state index in [1.807, 2.05) is 0 Å². The number of carbonyl (C=O) groups excluding carboxylic acids is 1. The first kappa shape index (κ1) is 13.9. The zero-order valence-electron chi connectivity index (χ0n) is 12.3. The molecule has 104 valence electrons. The van der Waals surface area contributed by atoms with Crippen molar-refractivity contribution in [1.82, 2.24) is 5.32 Å². The molecule has 3 N–H and O–H groups in total. The van der Waals surface area contributed by atoms with Gasteiger partial charge < -0.3 is 11.1 Å². The molecular formula is C15H28N2O. The summed E-state index contributed by atoms with van der Waals surface area (Å²) in [7, 11) is 0. The Hall–Kier alpha value is -0.570. The highest BCUT2D eigenvalue weighted by Crippen LogP contribution is 2.68. The summed E-state index contributed by atoms with van der Waals surface area (Å²) in [5, 5.41) is 3.17. The third-order valence-electron chi connectivity index (χ3n) is 5.94. The van der Waals surface area contributed by atoms with Crippen LogP contribution in [0.5, 0.6) is 0 Å². The van der Waals surface area contributed by atoms with Crippen molar-refractivity contribution in [3.05, 3.63) is 0 Å². The fourth-order valence-electron chi connectivity index (χ4n) is 3.88. The van der Waals surface area contributed by atoms with E-state index in [4.69, 9.17) is 5.73 Å². The predicted molar refractivity (Wildman–Crippen MR) is 73.9 cm³/mol. The van der Waals surface area contributed by atoms with E-state index in [9.17, 15) is 4.79 Å². The van der Waals surface area contributed by atoms with E-state index >= 15 is 0 Å². The SMILES string of the molecule is CC1(C)C(C(=O)NCC2CCCC2CN)C1(C)C. The topological polar surface area (TPSA) is 55.1 Å². The van der Waals surface area contributed by atoms with Gasteiger partial charge in [0.1, 0.15) is 0 Å². The van der Waals surface area contributed by atoms with Gasteiger partial charge in [-0.15, -0.1) is 0 Å². The monoisotopic (exact) mass is 252 g/mol. The highest BCUT2D eigenvalue weighted by molar-refractivity contribution is 5.84. The van der Waals surface area contributed by atoms with Crippen LogP contribution < -0.4 is 11.1 Å². The molecule has 1 amide bonds. The molecule has 0 bridgehead atoms. The second-order valence-electron chi connectivity index (χ2n) is 7.31. The second-order valence-corrected chi connectivity index (χ2v) is 7.31. The Morgan fingerprint density at radius 2 is 1.72 bits per heavy atom. The number of nitrogens with one attached hydrogen (secondary N) is 1. The Kier molecular flexibility index (Phi) is 3.48. The lowest BCUT2D eigenvalue weighted by atomic mass is 9.96. The summed E-state index contributed by atoms with van der Waals surface area (Å²) in [6.07, 6.45) is 3.72. The summed E-state index contributed by atoms with van der Waals surface area (Å²) in [5.74, 6) is 1.63. The summed E-state index contributed by atoms with van der Waals surface area (Å²) in [6, 6.07) is 0. The second kappa shape index (κ2) is 4.52. The molecule has 3 nitrogen and oxygen atoms in total. The summed E-state index contributed by atoms with van der Waals surface area (Å²) < 4.78 is 0. The number of nitrogens with two attached hydrogens (primary N) is 1. The van der Waals surface area contributed by atoms with E-state index in [1.165, 1.54) is 19.3 Å². The van der Waals surface area contributed by atoms with Gasteiger partial charge in [0, 0.05) is 12.5 Å². The zero-order valence-corrected chi connectivity index (χ0v) is 12.3. The van der Waals surface area contributed by atoms with Crippen molar-refractivity contribution < 1.29 is 4.79 Å². The molecule has 0 aromatic heterocycles. The van der Waals surface area contributed by atoms with Crippen molar-refractivity contribution in [2.75, 3.05) is 13.1 Å². The lowest BCUT2D eigenvalue weighted by Gasteiger charge is -2.18. The normalized spacial score (nSPS) is 33.4. The van der Waals surface area contributed by atoms with Gasteiger partial charge in [0.25, 0.3) is 0 Å². The predicted octanol–water partition coefficient (Wildman–Crippen LogP) is 2.16. The van der Waals surface area contributed by atoms with Crippen LogP contribution in [0.2, 0.25) is 0 Å². The maximum absolute atomic E-state index is 12.2. The minimum Gasteiger partial charge on any atom is -0.356 e. The zero-order chi connectivity index (χ0) is 13.6. The lowest BCUT2D eigenvalue weighted by Crippen LogP contribution is -2.34. The van der Waals surface area contributed by atoms with Gasteiger partial charge in [-0.3, -0.25) is 4.79 Å². The molecule has 0 saturated heterocycles. The first-order valence-corrected chi connectivity index (χ1v) is 7.30. The van der Waals surface area contributed by atoms with Crippen molar-refractivity contribution in [2.45, 2.75) is 47.0 Å². The van der Waals surface area contributed by atoms with Crippen LogP contribution in [-0.2, 0) is 4.79 Å². The van der Waals surface area contributed by atoms with E-state index in [0.29, 0.717) is 11.8 Å². The van der Waals surface area contributed by atoms with E-state index in [1.54, 1.807) is 0 Å². The van der Waals surface area contributed by atoms with Crippen molar-refractivity contribution in [2.24, 2.45) is 34.3 Å². The van der Waals surface area contributed by atoms with Crippen LogP contribution in [0.4, 0.5) is 0 Å². The van der Waals surface area contributed by atoms with Gasteiger partial charge in [0.05, 0.1) is 0 Å². The Labute approximate surface area is 111 Å². The smallest absolute Gasteiger partial charge is 0.224 e. The molecule has 2 rings (SSSR count). The van der Waals surface area contributed by atoms with Crippen LogP contribution in [0.1, 0.15) is 47.0 Å². The number of amides is 1. The van der Waals surface area contributed by atoms with E-state index in [-0.39, 0.29) is 22.7 Å². The van der Waals surface area contributed by atoms with E-state index < -0.39 is 0 Å². The molecule has 18 heavy (non-hydrogen) atoms. The number of carbonyl (C=O) groups is 1. The quantitative estimate of drug-likeness (QED) is 0.805. The van der Waals surface area contributed by atoms with Crippen LogP contribution in [0.25, 0.3) is 0 Å². The largest absolute Gasteiger partial charge is 0.356 e. The third-order valence-corrected chi connectivity index (χ3v) is 5.94. The number of hydrogen-bond donors (Lipinski definition) is 2. The highest BCUT2D eigenvalue weighted by atomic mass is 16.2. The summed E-state index contributed by atoms with van der Waals surface area (Å²) in [4.78, 5) is 12.2. The molecule has 0 aromatic carbocycles. The molecule has 2 unspecified atom stereocenters. The highest BCUT2D eigenvalue weighted by Gasteiger charge is 2.68. The summed E-state index contributed by atoms with van der Waals surface area (Å²) in [6.45, 7) is 10.3. The molecule has 0 aliphatic heterocycles.